The van der Waals surface area contributed by atoms with Crippen molar-refractivity contribution in [2.75, 3.05) is 0 Å². The van der Waals surface area contributed by atoms with Gasteiger partial charge >= 0.3 is 136 Å². The quantitative estimate of drug-likeness (QED) is 0.482. The molecule has 0 amide bonds. The van der Waals surface area contributed by atoms with E-state index in [1.807, 2.05) is 0 Å². The Balaban J connectivity index is 2.26. The van der Waals surface area contributed by atoms with Gasteiger partial charge in [0.1, 0.15) is 0 Å². The molecule has 22 heavy (non-hydrogen) atoms. The second kappa shape index (κ2) is 5.55. The fourth-order valence-electron chi connectivity index (χ4n) is 3.03. The van der Waals surface area contributed by atoms with E-state index in [4.69, 9.17) is 0 Å². The van der Waals surface area contributed by atoms with E-state index >= 15 is 0 Å². The van der Waals surface area contributed by atoms with Crippen molar-refractivity contribution < 1.29 is 4.57 Å². The predicted octanol–water partition coefficient (Wildman–Crippen LogP) is 4.18. The van der Waals surface area contributed by atoms with Gasteiger partial charge in [0.15, 0.2) is 0 Å². The Morgan fingerprint density at radius 3 is 2.27 bits per heavy atom. The number of benzene rings is 2. The van der Waals surface area contributed by atoms with Crippen molar-refractivity contribution in [3.8, 4) is 11.3 Å². The molecule has 0 aliphatic heterocycles. The molecular weight excluding hydrogens is 327 g/mol. The van der Waals surface area contributed by atoms with E-state index in [0.717, 1.165) is 0 Å². The third-order valence-electron chi connectivity index (χ3n) is 4.39. The first-order valence-corrected chi connectivity index (χ1v) is 15.2. The molecule has 0 fully saturated rings. The fourth-order valence-corrected chi connectivity index (χ4v) is 5.47. The normalized spacial score (nSPS) is 11.9. The van der Waals surface area contributed by atoms with Gasteiger partial charge in [-0.1, -0.05) is 0 Å². The molecule has 112 valence electrons. The molecule has 0 unspecified atom stereocenters. The van der Waals surface area contributed by atoms with Crippen molar-refractivity contribution in [2.24, 2.45) is 7.05 Å². The van der Waals surface area contributed by atoms with Crippen molar-refractivity contribution in [3.63, 3.8) is 0 Å². The van der Waals surface area contributed by atoms with Crippen molar-refractivity contribution in [1.29, 1.82) is 0 Å². The topological polar surface area (TPSA) is 3.88 Å². The van der Waals surface area contributed by atoms with Crippen LogP contribution in [0.1, 0.15) is 5.56 Å². The van der Waals surface area contributed by atoms with E-state index in [-0.39, 0.29) is 0 Å². The molecule has 0 N–H and O–H groups in total. The summed E-state index contributed by atoms with van der Waals surface area (Å²) in [5, 5.41) is 2.64. The Bertz CT molecular complexity index is 844. The van der Waals surface area contributed by atoms with Crippen molar-refractivity contribution in [3.05, 3.63) is 60.3 Å². The number of nitrogens with zero attached hydrogens (tertiary/aromatic N) is 1. The van der Waals surface area contributed by atoms with Gasteiger partial charge in [-0.25, -0.2) is 0 Å². The van der Waals surface area contributed by atoms with Crippen molar-refractivity contribution in [1.82, 2.24) is 0 Å². The number of hydrogen-bond acceptors (Lipinski definition) is 0. The molecule has 3 aromatic rings. The van der Waals surface area contributed by atoms with Crippen LogP contribution in [-0.2, 0) is 7.05 Å². The van der Waals surface area contributed by atoms with Crippen LogP contribution in [0.3, 0.4) is 0 Å². The minimum absolute atomic E-state index is 1.30. The molecule has 0 aliphatic rings. The molecule has 0 radical (unpaired) electrons. The third kappa shape index (κ3) is 2.70. The summed E-state index contributed by atoms with van der Waals surface area (Å²) in [6.07, 6.45) is 2.34. The number of aryl methyl sites for hydroxylation is 2. The Morgan fingerprint density at radius 2 is 1.59 bits per heavy atom. The number of rotatable bonds is 2. The monoisotopic (exact) mass is 352 g/mol. The summed E-state index contributed by atoms with van der Waals surface area (Å²) in [5.41, 5.74) is 3.98. The van der Waals surface area contributed by atoms with Gasteiger partial charge in [0.2, 0.25) is 0 Å². The van der Waals surface area contributed by atoms with Crippen LogP contribution in [0.2, 0.25) is 17.3 Å². The Kier molecular flexibility index (Phi) is 3.86. The molecule has 2 aromatic carbocycles. The maximum atomic E-state index is 2.44. The van der Waals surface area contributed by atoms with Crippen LogP contribution in [-0.4, -0.2) is 13.3 Å². The molecule has 3 rings (SSSR count). The molecule has 0 saturated heterocycles. The third-order valence-corrected chi connectivity index (χ3v) is 8.65. The summed E-state index contributed by atoms with van der Waals surface area (Å²) >= 11 is -1.78. The van der Waals surface area contributed by atoms with Gasteiger partial charge < -0.3 is 0 Å². The van der Waals surface area contributed by atoms with Crippen molar-refractivity contribution in [2.45, 2.75) is 24.2 Å². The maximum absolute atomic E-state index is 2.44. The summed E-state index contributed by atoms with van der Waals surface area (Å²) in [7, 11) is 2.17. The Labute approximate surface area is 136 Å². The van der Waals surface area contributed by atoms with E-state index in [2.05, 4.69) is 90.5 Å². The molecule has 2 heteroatoms. The summed E-state index contributed by atoms with van der Waals surface area (Å²) in [4.78, 5) is 0. The number of fused-ring (bicyclic) bond motifs is 1. The van der Waals surface area contributed by atoms with Crippen LogP contribution in [0, 0.1) is 6.92 Å². The van der Waals surface area contributed by atoms with E-state index in [9.17, 15) is 0 Å². The molecule has 1 nitrogen and oxygen atoms in total. The van der Waals surface area contributed by atoms with Crippen LogP contribution in [0.4, 0.5) is 0 Å². The molecule has 0 aliphatic carbocycles. The molecule has 0 saturated carbocycles. The molecule has 0 spiro atoms. The first-order chi connectivity index (χ1) is 10.4. The first kappa shape index (κ1) is 15.3. The van der Waals surface area contributed by atoms with Gasteiger partial charge in [0, 0.05) is 0 Å². The molecule has 1 aromatic heterocycles. The summed E-state index contributed by atoms with van der Waals surface area (Å²) in [6, 6.07) is 17.8. The van der Waals surface area contributed by atoms with Crippen LogP contribution in [0.5, 0.6) is 0 Å². The molecule has 1 heterocycles. The molecule has 0 atom stereocenters. The number of aromatic nitrogens is 1. The van der Waals surface area contributed by atoms with Crippen LogP contribution >= 0.6 is 0 Å². The van der Waals surface area contributed by atoms with E-state index in [1.54, 1.807) is 4.40 Å². The Morgan fingerprint density at radius 1 is 0.864 bits per heavy atom. The van der Waals surface area contributed by atoms with Crippen LogP contribution < -0.4 is 8.96 Å². The average Bonchev–Trinajstić information content (AvgIpc) is 2.47. The SMILES string of the molecule is Cc1ccc2ccccc2c1-c1cc[c]([Ge]([CH3])([CH3])[CH3])c[n+]1C. The van der Waals surface area contributed by atoms with Crippen molar-refractivity contribution >= 4 is 28.4 Å². The average molecular weight is 351 g/mol. The molecule has 0 bridgehead atoms. The van der Waals surface area contributed by atoms with E-state index < -0.39 is 13.3 Å². The summed E-state index contributed by atoms with van der Waals surface area (Å²) < 4.78 is 3.85. The van der Waals surface area contributed by atoms with Gasteiger partial charge in [-0.3, -0.25) is 0 Å². The molecular formula is C20H24GeN+. The zero-order valence-corrected chi connectivity index (χ0v) is 16.2. The number of hydrogen-bond donors (Lipinski definition) is 0. The fraction of sp³-hybridized carbons (Fsp3) is 0.250. The minimum atomic E-state index is -1.78. The van der Waals surface area contributed by atoms with Gasteiger partial charge in [0.05, 0.1) is 0 Å². The van der Waals surface area contributed by atoms with Gasteiger partial charge in [-0.2, -0.15) is 0 Å². The second-order valence-corrected chi connectivity index (χ2v) is 17.8. The number of pyridine rings is 1. The second-order valence-electron chi connectivity index (χ2n) is 7.14. The summed E-state index contributed by atoms with van der Waals surface area (Å²) in [6.45, 7) is 2.21. The van der Waals surface area contributed by atoms with E-state index in [0.29, 0.717) is 0 Å². The zero-order chi connectivity index (χ0) is 15.9. The van der Waals surface area contributed by atoms with Gasteiger partial charge in [-0.15, -0.1) is 0 Å². The van der Waals surface area contributed by atoms with Gasteiger partial charge in [0.25, 0.3) is 0 Å². The standard InChI is InChI=1S/C20H24GeN/c1-15-10-11-16-8-6-7-9-18(16)20(15)19-13-12-17(14-22(19)5)21(2,3)4/h6-14H,1-5H3/q+1. The summed E-state index contributed by atoms with van der Waals surface area (Å²) in [5.74, 6) is 7.33. The van der Waals surface area contributed by atoms with Crippen LogP contribution in [0.25, 0.3) is 22.0 Å². The Hall–Kier alpha value is -1.61. The zero-order valence-electron chi connectivity index (χ0n) is 14.1. The first-order valence-electron chi connectivity index (χ1n) is 7.87. The predicted molar refractivity (Wildman–Crippen MR) is 98.3 cm³/mol. The van der Waals surface area contributed by atoms with E-state index in [1.165, 1.54) is 27.6 Å². The van der Waals surface area contributed by atoms with Crippen LogP contribution in [0.15, 0.2) is 54.7 Å². The van der Waals surface area contributed by atoms with Gasteiger partial charge in [-0.05, 0) is 0 Å².